The molecule has 12 heavy (non-hydrogen) atoms. The molecule has 0 aliphatic rings. The van der Waals surface area contributed by atoms with Crippen LogP contribution >= 0.6 is 0 Å². The molecule has 0 saturated carbocycles. The second-order valence-corrected chi connectivity index (χ2v) is 3.46. The van der Waals surface area contributed by atoms with Crippen LogP contribution in [0.15, 0.2) is 0 Å². The molecule has 0 amide bonds. The number of aliphatic hydroxyl groups excluding tert-OH is 1. The zero-order valence-corrected chi connectivity index (χ0v) is 8.55. The van der Waals surface area contributed by atoms with Gasteiger partial charge < -0.3 is 9.84 Å². The lowest BCUT2D eigenvalue weighted by Gasteiger charge is -2.11. The zero-order valence-electron chi connectivity index (χ0n) is 8.55. The molecule has 2 heteroatoms. The fourth-order valence-electron chi connectivity index (χ4n) is 1.15. The summed E-state index contributed by atoms with van der Waals surface area (Å²) in [6, 6.07) is 0. The SMILES string of the molecule is CCCC(C)OCCCC(C)O. The van der Waals surface area contributed by atoms with Gasteiger partial charge in [-0.2, -0.15) is 0 Å². The summed E-state index contributed by atoms with van der Waals surface area (Å²) in [6.07, 6.45) is 4.32. The molecule has 2 nitrogen and oxygen atoms in total. The second-order valence-electron chi connectivity index (χ2n) is 3.46. The van der Waals surface area contributed by atoms with Gasteiger partial charge in [-0.1, -0.05) is 13.3 Å². The van der Waals surface area contributed by atoms with E-state index in [4.69, 9.17) is 9.84 Å². The van der Waals surface area contributed by atoms with Crippen LogP contribution in [0.1, 0.15) is 46.5 Å². The Morgan fingerprint density at radius 3 is 2.42 bits per heavy atom. The van der Waals surface area contributed by atoms with Crippen molar-refractivity contribution in [1.82, 2.24) is 0 Å². The van der Waals surface area contributed by atoms with Crippen molar-refractivity contribution in [3.63, 3.8) is 0 Å². The normalized spacial score (nSPS) is 16.0. The van der Waals surface area contributed by atoms with Crippen molar-refractivity contribution in [3.8, 4) is 0 Å². The van der Waals surface area contributed by atoms with Crippen LogP contribution in [0.2, 0.25) is 0 Å². The summed E-state index contributed by atoms with van der Waals surface area (Å²) in [6.45, 7) is 6.86. The van der Waals surface area contributed by atoms with Crippen molar-refractivity contribution in [2.24, 2.45) is 0 Å². The van der Waals surface area contributed by atoms with Gasteiger partial charge in [-0.25, -0.2) is 0 Å². The van der Waals surface area contributed by atoms with Gasteiger partial charge in [0, 0.05) is 6.61 Å². The first-order valence-electron chi connectivity index (χ1n) is 4.96. The first-order chi connectivity index (χ1) is 5.66. The Hall–Kier alpha value is -0.0800. The van der Waals surface area contributed by atoms with Crippen LogP contribution in [-0.2, 0) is 4.74 Å². The van der Waals surface area contributed by atoms with E-state index in [0.717, 1.165) is 25.9 Å². The molecule has 0 fully saturated rings. The number of rotatable bonds is 7. The zero-order chi connectivity index (χ0) is 9.40. The van der Waals surface area contributed by atoms with Crippen LogP contribution in [0.25, 0.3) is 0 Å². The molecule has 1 N–H and O–H groups in total. The van der Waals surface area contributed by atoms with Gasteiger partial charge in [0.2, 0.25) is 0 Å². The highest BCUT2D eigenvalue weighted by atomic mass is 16.5. The van der Waals surface area contributed by atoms with Gasteiger partial charge in [0.05, 0.1) is 12.2 Å². The average molecular weight is 174 g/mol. The third kappa shape index (κ3) is 8.02. The van der Waals surface area contributed by atoms with E-state index in [2.05, 4.69) is 13.8 Å². The number of ether oxygens (including phenoxy) is 1. The topological polar surface area (TPSA) is 29.5 Å². The summed E-state index contributed by atoms with van der Waals surface area (Å²) in [5.74, 6) is 0. The lowest BCUT2D eigenvalue weighted by atomic mass is 10.2. The minimum atomic E-state index is -0.185. The van der Waals surface area contributed by atoms with Crippen molar-refractivity contribution in [1.29, 1.82) is 0 Å². The smallest absolute Gasteiger partial charge is 0.0546 e. The Morgan fingerprint density at radius 1 is 1.25 bits per heavy atom. The molecular weight excluding hydrogens is 152 g/mol. The summed E-state index contributed by atoms with van der Waals surface area (Å²) in [5, 5.41) is 8.97. The molecule has 0 bridgehead atoms. The number of aliphatic hydroxyl groups is 1. The molecule has 0 radical (unpaired) electrons. The van der Waals surface area contributed by atoms with Crippen LogP contribution in [-0.4, -0.2) is 23.9 Å². The molecule has 0 aliphatic heterocycles. The molecule has 0 aromatic rings. The van der Waals surface area contributed by atoms with Crippen LogP contribution in [0.3, 0.4) is 0 Å². The predicted octanol–water partition coefficient (Wildman–Crippen LogP) is 2.35. The minimum Gasteiger partial charge on any atom is -0.393 e. The lowest BCUT2D eigenvalue weighted by Crippen LogP contribution is -2.10. The molecule has 2 atom stereocenters. The summed E-state index contributed by atoms with van der Waals surface area (Å²) in [7, 11) is 0. The largest absolute Gasteiger partial charge is 0.393 e. The summed E-state index contributed by atoms with van der Waals surface area (Å²) in [5.41, 5.74) is 0. The molecule has 0 aromatic heterocycles. The van der Waals surface area contributed by atoms with Gasteiger partial charge in [0.15, 0.2) is 0 Å². The second kappa shape index (κ2) is 7.56. The van der Waals surface area contributed by atoms with Crippen molar-refractivity contribution in [3.05, 3.63) is 0 Å². The molecular formula is C10H22O2. The number of hydrogen-bond acceptors (Lipinski definition) is 2. The monoisotopic (exact) mass is 174 g/mol. The first-order valence-corrected chi connectivity index (χ1v) is 4.96. The standard InChI is InChI=1S/C10H22O2/c1-4-6-10(3)12-8-5-7-9(2)11/h9-11H,4-8H2,1-3H3. The minimum absolute atomic E-state index is 0.185. The first kappa shape index (κ1) is 11.9. The highest BCUT2D eigenvalue weighted by molar-refractivity contribution is 4.50. The molecule has 0 aromatic carbocycles. The maximum absolute atomic E-state index is 8.97. The molecule has 2 unspecified atom stereocenters. The Morgan fingerprint density at radius 2 is 1.92 bits per heavy atom. The maximum Gasteiger partial charge on any atom is 0.0546 e. The molecule has 0 rings (SSSR count). The highest BCUT2D eigenvalue weighted by Gasteiger charge is 2.00. The van der Waals surface area contributed by atoms with E-state index in [0.29, 0.717) is 6.10 Å². The van der Waals surface area contributed by atoms with Crippen LogP contribution in [0.4, 0.5) is 0 Å². The van der Waals surface area contributed by atoms with Crippen LogP contribution < -0.4 is 0 Å². The van der Waals surface area contributed by atoms with Gasteiger partial charge >= 0.3 is 0 Å². The Bertz CT molecular complexity index is 91.8. The summed E-state index contributed by atoms with van der Waals surface area (Å²) >= 11 is 0. The quantitative estimate of drug-likeness (QED) is 0.600. The Kier molecular flexibility index (Phi) is 7.51. The highest BCUT2D eigenvalue weighted by Crippen LogP contribution is 2.03. The summed E-state index contributed by atoms with van der Waals surface area (Å²) < 4.78 is 5.52. The van der Waals surface area contributed by atoms with Crippen molar-refractivity contribution in [2.75, 3.05) is 6.61 Å². The maximum atomic E-state index is 8.97. The van der Waals surface area contributed by atoms with E-state index < -0.39 is 0 Å². The van der Waals surface area contributed by atoms with E-state index >= 15 is 0 Å². The molecule has 0 saturated heterocycles. The van der Waals surface area contributed by atoms with Gasteiger partial charge in [-0.3, -0.25) is 0 Å². The summed E-state index contributed by atoms with van der Waals surface area (Å²) in [4.78, 5) is 0. The van der Waals surface area contributed by atoms with Crippen LogP contribution in [0.5, 0.6) is 0 Å². The van der Waals surface area contributed by atoms with Gasteiger partial charge in [0.1, 0.15) is 0 Å². The fourth-order valence-corrected chi connectivity index (χ4v) is 1.15. The van der Waals surface area contributed by atoms with E-state index in [-0.39, 0.29) is 6.10 Å². The molecule has 0 heterocycles. The lowest BCUT2D eigenvalue weighted by molar-refractivity contribution is 0.0505. The molecule has 0 spiro atoms. The molecule has 74 valence electrons. The van der Waals surface area contributed by atoms with E-state index in [1.54, 1.807) is 0 Å². The Labute approximate surface area is 75.9 Å². The fraction of sp³-hybridized carbons (Fsp3) is 1.00. The van der Waals surface area contributed by atoms with Crippen molar-refractivity contribution in [2.45, 2.75) is 58.7 Å². The third-order valence-corrected chi connectivity index (χ3v) is 1.86. The van der Waals surface area contributed by atoms with E-state index in [1.165, 1.54) is 6.42 Å². The van der Waals surface area contributed by atoms with E-state index in [1.807, 2.05) is 6.92 Å². The van der Waals surface area contributed by atoms with Gasteiger partial charge in [-0.15, -0.1) is 0 Å². The van der Waals surface area contributed by atoms with Crippen LogP contribution in [0, 0.1) is 0 Å². The third-order valence-electron chi connectivity index (χ3n) is 1.86. The van der Waals surface area contributed by atoms with E-state index in [9.17, 15) is 0 Å². The molecule has 0 aliphatic carbocycles. The van der Waals surface area contributed by atoms with Gasteiger partial charge in [0.25, 0.3) is 0 Å². The van der Waals surface area contributed by atoms with Gasteiger partial charge in [-0.05, 0) is 33.1 Å². The Balaban J connectivity index is 3.08. The number of hydrogen-bond donors (Lipinski definition) is 1. The van der Waals surface area contributed by atoms with Crippen molar-refractivity contribution < 1.29 is 9.84 Å². The average Bonchev–Trinajstić information content (AvgIpc) is 1.98. The van der Waals surface area contributed by atoms with Crippen molar-refractivity contribution >= 4 is 0 Å². The predicted molar refractivity (Wildman–Crippen MR) is 51.2 cm³/mol.